The average molecular weight is 245 g/mol. The van der Waals surface area contributed by atoms with Crippen LogP contribution in [-0.2, 0) is 0 Å². The van der Waals surface area contributed by atoms with E-state index >= 15 is 0 Å². The minimum atomic E-state index is 0.271. The van der Waals surface area contributed by atoms with Crippen LogP contribution in [0.4, 0.5) is 0 Å². The van der Waals surface area contributed by atoms with Gasteiger partial charge in [-0.25, -0.2) is 0 Å². The Kier molecular flexibility index (Phi) is 4.18. The van der Waals surface area contributed by atoms with Crippen molar-refractivity contribution in [1.82, 2.24) is 4.90 Å². The SMILES string of the molecule is CCC1CCN(CC(=O)c2cc(C)ccc2C)C1. The predicted molar refractivity (Wildman–Crippen MR) is 75.1 cm³/mol. The fourth-order valence-corrected chi connectivity index (χ4v) is 2.71. The number of rotatable bonds is 4. The van der Waals surface area contributed by atoms with Crippen LogP contribution in [0.3, 0.4) is 0 Å². The summed E-state index contributed by atoms with van der Waals surface area (Å²) in [6.45, 7) is 9.05. The van der Waals surface area contributed by atoms with Crippen molar-refractivity contribution in [3.8, 4) is 0 Å². The molecule has 1 aliphatic rings. The van der Waals surface area contributed by atoms with E-state index in [2.05, 4.69) is 17.9 Å². The van der Waals surface area contributed by atoms with Crippen molar-refractivity contribution in [2.45, 2.75) is 33.6 Å². The second-order valence-corrected chi connectivity index (χ2v) is 5.54. The summed E-state index contributed by atoms with van der Waals surface area (Å²) < 4.78 is 0. The van der Waals surface area contributed by atoms with Crippen LogP contribution in [0.1, 0.15) is 41.3 Å². The Hall–Kier alpha value is -1.15. The molecule has 0 N–H and O–H groups in total. The summed E-state index contributed by atoms with van der Waals surface area (Å²) in [6.07, 6.45) is 2.48. The van der Waals surface area contributed by atoms with Gasteiger partial charge in [0.1, 0.15) is 0 Å². The topological polar surface area (TPSA) is 20.3 Å². The third-order valence-electron chi connectivity index (χ3n) is 4.01. The highest BCUT2D eigenvalue weighted by Crippen LogP contribution is 2.20. The van der Waals surface area contributed by atoms with E-state index in [-0.39, 0.29) is 5.78 Å². The Morgan fingerprint density at radius 3 is 2.83 bits per heavy atom. The molecule has 0 amide bonds. The summed E-state index contributed by atoms with van der Waals surface area (Å²) in [7, 11) is 0. The van der Waals surface area contributed by atoms with Crippen molar-refractivity contribution in [3.05, 3.63) is 34.9 Å². The lowest BCUT2D eigenvalue weighted by Gasteiger charge is -2.15. The van der Waals surface area contributed by atoms with E-state index in [4.69, 9.17) is 0 Å². The predicted octanol–water partition coefficient (Wildman–Crippen LogP) is 3.22. The molecule has 1 aromatic carbocycles. The first-order valence-corrected chi connectivity index (χ1v) is 6.93. The van der Waals surface area contributed by atoms with Crippen LogP contribution in [0, 0.1) is 19.8 Å². The monoisotopic (exact) mass is 245 g/mol. The van der Waals surface area contributed by atoms with E-state index in [1.807, 2.05) is 26.0 Å². The van der Waals surface area contributed by atoms with E-state index in [0.29, 0.717) is 6.54 Å². The number of Topliss-reactive ketones (excluding diaryl/α,β-unsaturated/α-hetero) is 1. The third-order valence-corrected chi connectivity index (χ3v) is 4.01. The highest BCUT2D eigenvalue weighted by Gasteiger charge is 2.23. The van der Waals surface area contributed by atoms with Gasteiger partial charge in [-0.2, -0.15) is 0 Å². The second-order valence-electron chi connectivity index (χ2n) is 5.54. The summed E-state index contributed by atoms with van der Waals surface area (Å²) >= 11 is 0. The van der Waals surface area contributed by atoms with Crippen LogP contribution in [0.2, 0.25) is 0 Å². The van der Waals surface area contributed by atoms with Gasteiger partial charge in [-0.3, -0.25) is 9.69 Å². The Labute approximate surface area is 110 Å². The van der Waals surface area contributed by atoms with Crippen LogP contribution in [0.5, 0.6) is 0 Å². The molecule has 2 heteroatoms. The molecule has 1 unspecified atom stereocenters. The Morgan fingerprint density at radius 2 is 2.17 bits per heavy atom. The molecule has 1 atom stereocenters. The van der Waals surface area contributed by atoms with Crippen molar-refractivity contribution in [3.63, 3.8) is 0 Å². The normalized spacial score (nSPS) is 20.3. The maximum Gasteiger partial charge on any atom is 0.177 e. The lowest BCUT2D eigenvalue weighted by atomic mass is 10.0. The van der Waals surface area contributed by atoms with Gasteiger partial charge in [-0.1, -0.05) is 31.0 Å². The summed E-state index contributed by atoms with van der Waals surface area (Å²) in [6, 6.07) is 6.13. The van der Waals surface area contributed by atoms with E-state index in [1.54, 1.807) is 0 Å². The summed E-state index contributed by atoms with van der Waals surface area (Å²) in [5.41, 5.74) is 3.16. The van der Waals surface area contributed by atoms with Crippen molar-refractivity contribution in [1.29, 1.82) is 0 Å². The van der Waals surface area contributed by atoms with Gasteiger partial charge in [0, 0.05) is 12.1 Å². The van der Waals surface area contributed by atoms with Gasteiger partial charge in [-0.05, 0) is 44.4 Å². The molecular formula is C16H23NO. The van der Waals surface area contributed by atoms with Crippen LogP contribution in [0.15, 0.2) is 18.2 Å². The molecule has 1 aromatic rings. The standard InChI is InChI=1S/C16H23NO/c1-4-14-7-8-17(10-14)11-16(18)15-9-12(2)5-6-13(15)3/h5-6,9,14H,4,7-8,10-11H2,1-3H3. The fraction of sp³-hybridized carbons (Fsp3) is 0.562. The summed E-state index contributed by atoms with van der Waals surface area (Å²) in [5.74, 6) is 1.06. The smallest absolute Gasteiger partial charge is 0.177 e. The average Bonchev–Trinajstić information content (AvgIpc) is 2.80. The largest absolute Gasteiger partial charge is 0.296 e. The first-order valence-electron chi connectivity index (χ1n) is 6.93. The second kappa shape index (κ2) is 5.66. The lowest BCUT2D eigenvalue weighted by Crippen LogP contribution is -2.28. The maximum atomic E-state index is 12.3. The summed E-state index contributed by atoms with van der Waals surface area (Å²) in [5, 5.41) is 0. The Bertz CT molecular complexity index is 439. The molecule has 98 valence electrons. The van der Waals surface area contributed by atoms with Gasteiger partial charge in [0.2, 0.25) is 0 Å². The highest BCUT2D eigenvalue weighted by molar-refractivity contribution is 5.99. The van der Waals surface area contributed by atoms with Gasteiger partial charge in [0.15, 0.2) is 5.78 Å². The number of aryl methyl sites for hydroxylation is 2. The number of hydrogen-bond donors (Lipinski definition) is 0. The molecule has 0 saturated carbocycles. The van der Waals surface area contributed by atoms with Gasteiger partial charge >= 0.3 is 0 Å². The minimum Gasteiger partial charge on any atom is -0.296 e. The van der Waals surface area contributed by atoms with Crippen molar-refractivity contribution < 1.29 is 4.79 Å². The van der Waals surface area contributed by atoms with E-state index in [9.17, 15) is 4.79 Å². The number of carbonyl (C=O) groups excluding carboxylic acids is 1. The van der Waals surface area contributed by atoms with Crippen LogP contribution < -0.4 is 0 Å². The first kappa shape index (κ1) is 13.3. The Morgan fingerprint density at radius 1 is 1.39 bits per heavy atom. The van der Waals surface area contributed by atoms with Crippen LogP contribution in [-0.4, -0.2) is 30.3 Å². The van der Waals surface area contributed by atoms with Crippen LogP contribution in [0.25, 0.3) is 0 Å². The quantitative estimate of drug-likeness (QED) is 0.759. The number of likely N-dealkylation sites (tertiary alicyclic amines) is 1. The molecule has 0 aromatic heterocycles. The molecule has 2 rings (SSSR count). The zero-order chi connectivity index (χ0) is 13.1. The molecule has 2 nitrogen and oxygen atoms in total. The third kappa shape index (κ3) is 2.99. The van der Waals surface area contributed by atoms with Gasteiger partial charge < -0.3 is 0 Å². The molecule has 18 heavy (non-hydrogen) atoms. The molecule has 1 heterocycles. The van der Waals surface area contributed by atoms with E-state index < -0.39 is 0 Å². The molecule has 0 radical (unpaired) electrons. The maximum absolute atomic E-state index is 12.3. The van der Waals surface area contributed by atoms with E-state index in [0.717, 1.165) is 35.7 Å². The zero-order valence-corrected chi connectivity index (χ0v) is 11.7. The highest BCUT2D eigenvalue weighted by atomic mass is 16.1. The molecule has 0 spiro atoms. The fourth-order valence-electron chi connectivity index (χ4n) is 2.71. The summed E-state index contributed by atoms with van der Waals surface area (Å²) in [4.78, 5) is 14.6. The lowest BCUT2D eigenvalue weighted by molar-refractivity contribution is 0.0942. The number of ketones is 1. The van der Waals surface area contributed by atoms with E-state index in [1.165, 1.54) is 12.8 Å². The van der Waals surface area contributed by atoms with Gasteiger partial charge in [-0.15, -0.1) is 0 Å². The molecule has 1 fully saturated rings. The molecule has 1 aliphatic heterocycles. The molecule has 0 aliphatic carbocycles. The number of nitrogens with zero attached hydrogens (tertiary/aromatic N) is 1. The van der Waals surface area contributed by atoms with Crippen molar-refractivity contribution in [2.24, 2.45) is 5.92 Å². The van der Waals surface area contributed by atoms with Crippen LogP contribution >= 0.6 is 0 Å². The number of hydrogen-bond acceptors (Lipinski definition) is 2. The molecule has 0 bridgehead atoms. The van der Waals surface area contributed by atoms with Gasteiger partial charge in [0.05, 0.1) is 6.54 Å². The number of carbonyl (C=O) groups is 1. The first-order chi connectivity index (χ1) is 8.60. The minimum absolute atomic E-state index is 0.271. The van der Waals surface area contributed by atoms with Crippen molar-refractivity contribution >= 4 is 5.78 Å². The number of benzene rings is 1. The Balaban J connectivity index is 2.02. The van der Waals surface area contributed by atoms with Gasteiger partial charge in [0.25, 0.3) is 0 Å². The molecule has 1 saturated heterocycles. The molecular weight excluding hydrogens is 222 g/mol. The zero-order valence-electron chi connectivity index (χ0n) is 11.7. The van der Waals surface area contributed by atoms with Crippen molar-refractivity contribution in [2.75, 3.05) is 19.6 Å².